The van der Waals surface area contributed by atoms with E-state index in [2.05, 4.69) is 5.32 Å². The Kier molecular flexibility index (Phi) is 10.8. The van der Waals surface area contributed by atoms with Gasteiger partial charge in [0.1, 0.15) is 18.3 Å². The van der Waals surface area contributed by atoms with E-state index in [1.165, 1.54) is 17.0 Å². The number of carbonyl (C=O) groups is 2. The zero-order valence-corrected chi connectivity index (χ0v) is 26.0. The molecule has 0 aliphatic heterocycles. The number of rotatable bonds is 12. The van der Waals surface area contributed by atoms with E-state index in [9.17, 15) is 18.0 Å². The number of sulfonamides is 1. The van der Waals surface area contributed by atoms with Crippen molar-refractivity contribution >= 4 is 50.7 Å². The van der Waals surface area contributed by atoms with Crippen LogP contribution in [0.4, 0.5) is 5.69 Å². The molecule has 0 bridgehead atoms. The summed E-state index contributed by atoms with van der Waals surface area (Å²) in [7, 11) is -4.21. The van der Waals surface area contributed by atoms with Crippen molar-refractivity contribution < 1.29 is 22.7 Å². The minimum Gasteiger partial charge on any atom is -0.492 e. The maximum atomic E-state index is 14.2. The summed E-state index contributed by atoms with van der Waals surface area (Å²) in [4.78, 5) is 28.9. The van der Waals surface area contributed by atoms with Crippen LogP contribution in [0.25, 0.3) is 0 Å². The van der Waals surface area contributed by atoms with Crippen molar-refractivity contribution in [3.8, 4) is 5.75 Å². The molecule has 1 aliphatic rings. The molecule has 1 N–H and O–H groups in total. The van der Waals surface area contributed by atoms with Crippen molar-refractivity contribution in [3.63, 3.8) is 0 Å². The Morgan fingerprint density at radius 3 is 2.33 bits per heavy atom. The van der Waals surface area contributed by atoms with Crippen molar-refractivity contribution in [1.82, 2.24) is 10.2 Å². The number of amides is 2. The van der Waals surface area contributed by atoms with Crippen LogP contribution in [0.2, 0.25) is 10.0 Å². The van der Waals surface area contributed by atoms with Crippen molar-refractivity contribution in [1.29, 1.82) is 0 Å². The monoisotopic (exact) mass is 631 g/mol. The largest absolute Gasteiger partial charge is 0.492 e. The number of nitrogens with one attached hydrogen (secondary N) is 1. The van der Waals surface area contributed by atoms with Gasteiger partial charge in [0.2, 0.25) is 11.8 Å². The molecule has 0 heterocycles. The van der Waals surface area contributed by atoms with E-state index in [1.54, 1.807) is 74.5 Å². The molecule has 8 nitrogen and oxygen atoms in total. The molecule has 0 saturated heterocycles. The van der Waals surface area contributed by atoms with Gasteiger partial charge in [-0.1, -0.05) is 72.4 Å². The van der Waals surface area contributed by atoms with E-state index in [0.717, 1.165) is 30.0 Å². The van der Waals surface area contributed by atoms with Gasteiger partial charge in [-0.25, -0.2) is 8.42 Å². The van der Waals surface area contributed by atoms with Gasteiger partial charge >= 0.3 is 0 Å². The fraction of sp³-hybridized carbons (Fsp3) is 0.355. The first-order chi connectivity index (χ1) is 20.1. The highest BCUT2D eigenvalue weighted by Gasteiger charge is 2.34. The highest BCUT2D eigenvalue weighted by Crippen LogP contribution is 2.33. The van der Waals surface area contributed by atoms with Gasteiger partial charge in [-0.3, -0.25) is 13.9 Å². The van der Waals surface area contributed by atoms with E-state index in [0.29, 0.717) is 28.0 Å². The quantitative estimate of drug-likeness (QED) is 0.262. The van der Waals surface area contributed by atoms with Gasteiger partial charge in [-0.15, -0.1) is 0 Å². The third-order valence-corrected chi connectivity index (χ3v) is 9.63. The van der Waals surface area contributed by atoms with Crippen LogP contribution in [0, 0.1) is 0 Å². The summed E-state index contributed by atoms with van der Waals surface area (Å²) in [5.74, 6) is -0.583. The Bertz CT molecular complexity index is 1500. The van der Waals surface area contributed by atoms with Crippen molar-refractivity contribution in [3.05, 3.63) is 88.4 Å². The zero-order chi connectivity index (χ0) is 30.3. The molecule has 3 aromatic rings. The molecule has 1 saturated carbocycles. The number of hydrogen-bond acceptors (Lipinski definition) is 5. The topological polar surface area (TPSA) is 96.0 Å². The summed E-state index contributed by atoms with van der Waals surface area (Å²) < 4.78 is 34.8. The Morgan fingerprint density at radius 2 is 1.67 bits per heavy atom. The number of carbonyl (C=O) groups excluding carboxylic acids is 2. The lowest BCUT2D eigenvalue weighted by molar-refractivity contribution is -0.139. The average Bonchev–Trinajstić information content (AvgIpc) is 3.49. The molecule has 1 atom stereocenters. The molecular weight excluding hydrogens is 597 g/mol. The van der Waals surface area contributed by atoms with Crippen LogP contribution < -0.4 is 14.4 Å². The molecule has 2 amide bonds. The summed E-state index contributed by atoms with van der Waals surface area (Å²) in [5.41, 5.74) is 0.784. The van der Waals surface area contributed by atoms with Gasteiger partial charge in [-0.2, -0.15) is 0 Å². The second-order valence-corrected chi connectivity index (χ2v) is 12.9. The minimum atomic E-state index is -4.21. The Balaban J connectivity index is 1.73. The van der Waals surface area contributed by atoms with Crippen LogP contribution >= 0.6 is 23.2 Å². The number of anilines is 1. The maximum absolute atomic E-state index is 14.2. The molecule has 0 aromatic heterocycles. The van der Waals surface area contributed by atoms with E-state index >= 15 is 0 Å². The lowest BCUT2D eigenvalue weighted by Gasteiger charge is -2.33. The maximum Gasteiger partial charge on any atom is 0.264 e. The van der Waals surface area contributed by atoms with E-state index in [4.69, 9.17) is 27.9 Å². The van der Waals surface area contributed by atoms with Gasteiger partial charge < -0.3 is 15.0 Å². The third kappa shape index (κ3) is 7.56. The first kappa shape index (κ1) is 31.7. The zero-order valence-electron chi connectivity index (χ0n) is 23.6. The minimum absolute atomic E-state index is 0.0171. The predicted octanol–water partition coefficient (Wildman–Crippen LogP) is 6.06. The SMILES string of the molecule is CCOc1ccccc1N(CC(=O)N(Cc1ccc(Cl)cc1Cl)C(C)C(=O)NC1CCCC1)S(=O)(=O)c1ccccc1. The second-order valence-electron chi connectivity index (χ2n) is 10.1. The number of halogens is 2. The molecule has 4 rings (SSSR count). The average molecular weight is 633 g/mol. The number of ether oxygens (including phenoxy) is 1. The smallest absolute Gasteiger partial charge is 0.264 e. The van der Waals surface area contributed by atoms with Crippen LogP contribution in [0.5, 0.6) is 5.75 Å². The van der Waals surface area contributed by atoms with Crippen LogP contribution in [0.3, 0.4) is 0 Å². The van der Waals surface area contributed by atoms with E-state index in [1.807, 2.05) is 0 Å². The molecule has 0 radical (unpaired) electrons. The Labute approximate surface area is 257 Å². The fourth-order valence-electron chi connectivity index (χ4n) is 4.98. The standard InChI is InChI=1S/C31H35Cl2N3O5S/c1-3-41-29-16-10-9-15-28(29)36(42(39,40)26-13-5-4-6-14-26)21-30(37)35(20-23-17-18-24(32)19-27(23)33)22(2)31(38)34-25-11-7-8-12-25/h4-6,9-10,13-19,22,25H,3,7-8,11-12,20-21H2,1-2H3,(H,34,38). The molecule has 1 aliphatic carbocycles. The molecule has 1 fully saturated rings. The molecule has 3 aromatic carbocycles. The van der Waals surface area contributed by atoms with Gasteiger partial charge in [0.15, 0.2) is 0 Å². The summed E-state index contributed by atoms with van der Waals surface area (Å²) in [6.45, 7) is 3.12. The molecule has 224 valence electrons. The summed E-state index contributed by atoms with van der Waals surface area (Å²) >= 11 is 12.6. The van der Waals surface area contributed by atoms with E-state index < -0.39 is 28.5 Å². The molecule has 0 spiro atoms. The number of nitrogens with zero attached hydrogens (tertiary/aromatic N) is 2. The normalized spacial score (nSPS) is 14.3. The number of hydrogen-bond donors (Lipinski definition) is 1. The lowest BCUT2D eigenvalue weighted by Crippen LogP contribution is -2.52. The first-order valence-electron chi connectivity index (χ1n) is 13.9. The van der Waals surface area contributed by atoms with Crippen molar-refractivity contribution in [2.75, 3.05) is 17.5 Å². The van der Waals surface area contributed by atoms with Crippen LogP contribution in [0.1, 0.15) is 45.1 Å². The lowest BCUT2D eigenvalue weighted by atomic mass is 10.1. The highest BCUT2D eigenvalue weighted by molar-refractivity contribution is 7.92. The highest BCUT2D eigenvalue weighted by atomic mass is 35.5. The summed E-state index contributed by atoms with van der Waals surface area (Å²) in [6, 6.07) is 18.6. The van der Waals surface area contributed by atoms with Crippen LogP contribution in [0.15, 0.2) is 77.7 Å². The van der Waals surface area contributed by atoms with Gasteiger partial charge in [0, 0.05) is 22.6 Å². The van der Waals surface area contributed by atoms with Crippen LogP contribution in [-0.4, -0.2) is 50.4 Å². The molecule has 42 heavy (non-hydrogen) atoms. The number of benzene rings is 3. The first-order valence-corrected chi connectivity index (χ1v) is 16.1. The Hall–Kier alpha value is -3.27. The van der Waals surface area contributed by atoms with Gasteiger partial charge in [0.25, 0.3) is 10.0 Å². The summed E-state index contributed by atoms with van der Waals surface area (Å²) in [6.07, 6.45) is 3.83. The fourth-order valence-corrected chi connectivity index (χ4v) is 6.90. The van der Waals surface area contributed by atoms with Crippen molar-refractivity contribution in [2.24, 2.45) is 0 Å². The number of para-hydroxylation sites is 2. The summed E-state index contributed by atoms with van der Waals surface area (Å²) in [5, 5.41) is 3.82. The third-order valence-electron chi connectivity index (χ3n) is 7.27. The molecular formula is C31H35Cl2N3O5S. The molecule has 11 heteroatoms. The van der Waals surface area contributed by atoms with Gasteiger partial charge in [-0.05, 0) is 68.7 Å². The predicted molar refractivity (Wildman–Crippen MR) is 165 cm³/mol. The van der Waals surface area contributed by atoms with Crippen molar-refractivity contribution in [2.45, 2.75) is 63.1 Å². The molecule has 1 unspecified atom stereocenters. The Morgan fingerprint density at radius 1 is 1.00 bits per heavy atom. The van der Waals surface area contributed by atoms with E-state index in [-0.39, 0.29) is 29.1 Å². The second kappa shape index (κ2) is 14.3. The van der Waals surface area contributed by atoms with Crippen LogP contribution in [-0.2, 0) is 26.2 Å². The van der Waals surface area contributed by atoms with Gasteiger partial charge in [0.05, 0.1) is 17.2 Å².